The van der Waals surface area contributed by atoms with Gasteiger partial charge in [-0.15, -0.1) is 12.4 Å². The number of hydrogen-bond donors (Lipinski definition) is 2. The number of hydrogen-bond acceptors (Lipinski definition) is 4. The molecular weight excluding hydrogens is 537 g/mol. The normalized spacial score (nSPS) is 11.5. The third-order valence-electron chi connectivity index (χ3n) is 4.61. The van der Waals surface area contributed by atoms with Crippen molar-refractivity contribution in [3.05, 3.63) is 91.9 Å². The van der Waals surface area contributed by atoms with E-state index in [1.54, 1.807) is 12.1 Å². The lowest BCUT2D eigenvalue weighted by molar-refractivity contribution is 0.174. The molecule has 3 rings (SSSR count). The summed E-state index contributed by atoms with van der Waals surface area (Å²) < 4.78 is 12.6. The Hall–Kier alpha value is -1.47. The van der Waals surface area contributed by atoms with Crippen LogP contribution in [0.1, 0.15) is 29.7 Å². The molecule has 3 aromatic carbocycles. The number of nitrogens with one attached hydrogen (secondary N) is 1. The molecule has 3 aromatic rings. The minimum atomic E-state index is -0.567. The Morgan fingerprint density at radius 2 is 1.78 bits per heavy atom. The lowest BCUT2D eigenvalue weighted by Gasteiger charge is -2.17. The van der Waals surface area contributed by atoms with Gasteiger partial charge < -0.3 is 19.9 Å². The van der Waals surface area contributed by atoms with Gasteiger partial charge in [0.05, 0.1) is 17.2 Å². The largest absolute Gasteiger partial charge is 0.490 e. The Balaban J connectivity index is 0.00000363. The third kappa shape index (κ3) is 7.55. The Labute approximate surface area is 213 Å². The summed E-state index contributed by atoms with van der Waals surface area (Å²) >= 11 is 15.8. The Bertz CT molecular complexity index is 1010. The molecule has 0 amide bonds. The van der Waals surface area contributed by atoms with Crippen molar-refractivity contribution >= 4 is 51.5 Å². The van der Waals surface area contributed by atoms with Crippen LogP contribution in [0.2, 0.25) is 10.0 Å². The lowest BCUT2D eigenvalue weighted by Crippen LogP contribution is -2.21. The van der Waals surface area contributed by atoms with Crippen molar-refractivity contribution in [2.45, 2.75) is 26.2 Å². The molecule has 8 heteroatoms. The summed E-state index contributed by atoms with van der Waals surface area (Å²) in [5.74, 6) is 1.25. The number of halogens is 4. The summed E-state index contributed by atoms with van der Waals surface area (Å²) in [6.07, 6.45) is -0.567. The molecule has 1 atom stereocenters. The third-order valence-corrected chi connectivity index (χ3v) is 5.78. The predicted molar refractivity (Wildman–Crippen MR) is 136 cm³/mol. The van der Waals surface area contributed by atoms with Gasteiger partial charge in [0.15, 0.2) is 11.5 Å². The molecule has 0 bridgehead atoms. The topological polar surface area (TPSA) is 50.7 Å². The average Bonchev–Trinajstić information content (AvgIpc) is 2.75. The summed E-state index contributed by atoms with van der Waals surface area (Å²) in [6, 6.07) is 18.8. The van der Waals surface area contributed by atoms with Crippen LogP contribution in [0, 0.1) is 0 Å². The number of aliphatic hydroxyl groups is 1. The molecule has 0 heterocycles. The first-order chi connectivity index (χ1) is 15.0. The van der Waals surface area contributed by atoms with Gasteiger partial charge in [-0.25, -0.2) is 0 Å². The van der Waals surface area contributed by atoms with Crippen molar-refractivity contribution in [2.24, 2.45) is 0 Å². The fourth-order valence-corrected chi connectivity index (χ4v) is 4.13. The van der Waals surface area contributed by atoms with Crippen LogP contribution in [0.15, 0.2) is 65.1 Å². The highest BCUT2D eigenvalue weighted by Crippen LogP contribution is 2.38. The van der Waals surface area contributed by atoms with E-state index >= 15 is 0 Å². The van der Waals surface area contributed by atoms with Crippen LogP contribution >= 0.6 is 51.5 Å². The Kier molecular flexibility index (Phi) is 11.1. The molecule has 32 heavy (non-hydrogen) atoms. The molecule has 0 spiro atoms. The van der Waals surface area contributed by atoms with E-state index in [0.717, 1.165) is 21.2 Å². The first-order valence-corrected chi connectivity index (χ1v) is 11.5. The maximum Gasteiger partial charge on any atom is 0.175 e. The van der Waals surface area contributed by atoms with Crippen LogP contribution in [0.4, 0.5) is 0 Å². The van der Waals surface area contributed by atoms with E-state index in [2.05, 4.69) is 21.2 Å². The molecular formula is C24H25BrCl3NO3. The highest BCUT2D eigenvalue weighted by Gasteiger charge is 2.14. The Morgan fingerprint density at radius 3 is 2.47 bits per heavy atom. The zero-order valence-electron chi connectivity index (χ0n) is 17.5. The maximum absolute atomic E-state index is 10.3. The van der Waals surface area contributed by atoms with E-state index in [0.29, 0.717) is 41.2 Å². The summed E-state index contributed by atoms with van der Waals surface area (Å²) in [7, 11) is 0. The molecule has 0 aliphatic rings. The van der Waals surface area contributed by atoms with E-state index in [-0.39, 0.29) is 19.0 Å². The smallest absolute Gasteiger partial charge is 0.175 e. The van der Waals surface area contributed by atoms with Crippen LogP contribution in [-0.2, 0) is 13.2 Å². The van der Waals surface area contributed by atoms with E-state index in [4.69, 9.17) is 32.7 Å². The van der Waals surface area contributed by atoms with Crippen LogP contribution in [0.25, 0.3) is 0 Å². The second kappa shape index (κ2) is 13.3. The number of aliphatic hydroxyl groups excluding tert-OH is 1. The molecule has 0 aliphatic heterocycles. The fourth-order valence-electron chi connectivity index (χ4n) is 3.06. The monoisotopic (exact) mass is 559 g/mol. The van der Waals surface area contributed by atoms with Crippen molar-refractivity contribution < 1.29 is 14.6 Å². The second-order valence-corrected chi connectivity index (χ2v) is 8.62. The molecule has 0 saturated heterocycles. The summed E-state index contributed by atoms with van der Waals surface area (Å²) in [4.78, 5) is 0. The molecule has 0 aliphatic carbocycles. The standard InChI is InChI=1S/C24H24BrCl2NO3.ClH/c1-2-30-23-11-16(13-28-14-22(29)17-6-4-3-5-7-17)10-20(25)24(23)31-15-18-8-9-19(26)12-21(18)27;/h3-12,22,28-29H,2,13-15H2,1H3;1H. The van der Waals surface area contributed by atoms with Gasteiger partial charge in [-0.05, 0) is 58.2 Å². The first kappa shape index (κ1) is 26.8. The predicted octanol–water partition coefficient (Wildman–Crippen LogP) is 6.98. The second-order valence-electron chi connectivity index (χ2n) is 6.92. The fraction of sp³-hybridized carbons (Fsp3) is 0.250. The summed E-state index contributed by atoms with van der Waals surface area (Å²) in [6.45, 7) is 3.74. The molecule has 172 valence electrons. The number of ether oxygens (including phenoxy) is 2. The maximum atomic E-state index is 10.3. The highest BCUT2D eigenvalue weighted by atomic mass is 79.9. The SMILES string of the molecule is CCOc1cc(CNCC(O)c2ccccc2)cc(Br)c1OCc1ccc(Cl)cc1Cl.Cl. The van der Waals surface area contributed by atoms with E-state index in [1.165, 1.54) is 0 Å². The van der Waals surface area contributed by atoms with E-state index in [1.807, 2.05) is 55.5 Å². The van der Waals surface area contributed by atoms with Gasteiger partial charge in [-0.2, -0.15) is 0 Å². The van der Waals surface area contributed by atoms with Crippen molar-refractivity contribution in [3.63, 3.8) is 0 Å². The van der Waals surface area contributed by atoms with Crippen molar-refractivity contribution in [1.82, 2.24) is 5.32 Å². The van der Waals surface area contributed by atoms with Gasteiger partial charge in [0.1, 0.15) is 6.61 Å². The van der Waals surface area contributed by atoms with Crippen LogP contribution < -0.4 is 14.8 Å². The van der Waals surface area contributed by atoms with Crippen LogP contribution in [-0.4, -0.2) is 18.3 Å². The van der Waals surface area contributed by atoms with E-state index < -0.39 is 6.10 Å². The number of rotatable bonds is 10. The molecule has 0 fully saturated rings. The van der Waals surface area contributed by atoms with Gasteiger partial charge in [-0.3, -0.25) is 0 Å². The lowest BCUT2D eigenvalue weighted by atomic mass is 10.1. The molecule has 1 unspecified atom stereocenters. The first-order valence-electron chi connectivity index (χ1n) is 9.93. The minimum absolute atomic E-state index is 0. The molecule has 0 aromatic heterocycles. The minimum Gasteiger partial charge on any atom is -0.490 e. The van der Waals surface area contributed by atoms with Crippen molar-refractivity contribution in [1.29, 1.82) is 0 Å². The number of benzene rings is 3. The van der Waals surface area contributed by atoms with Gasteiger partial charge >= 0.3 is 0 Å². The van der Waals surface area contributed by atoms with Crippen molar-refractivity contribution in [2.75, 3.05) is 13.2 Å². The van der Waals surface area contributed by atoms with Crippen LogP contribution in [0.3, 0.4) is 0 Å². The molecule has 0 radical (unpaired) electrons. The van der Waals surface area contributed by atoms with Crippen molar-refractivity contribution in [3.8, 4) is 11.5 Å². The zero-order chi connectivity index (χ0) is 22.2. The van der Waals surface area contributed by atoms with Gasteiger partial charge in [0, 0.05) is 28.7 Å². The van der Waals surface area contributed by atoms with Gasteiger partial charge in [-0.1, -0.05) is 59.6 Å². The summed E-state index contributed by atoms with van der Waals surface area (Å²) in [5, 5.41) is 14.7. The summed E-state index contributed by atoms with van der Waals surface area (Å²) in [5.41, 5.74) is 2.73. The quantitative estimate of drug-likeness (QED) is 0.281. The Morgan fingerprint density at radius 1 is 1.03 bits per heavy atom. The van der Waals surface area contributed by atoms with E-state index in [9.17, 15) is 5.11 Å². The molecule has 2 N–H and O–H groups in total. The molecule has 4 nitrogen and oxygen atoms in total. The zero-order valence-corrected chi connectivity index (χ0v) is 21.4. The van der Waals surface area contributed by atoms with Gasteiger partial charge in [0.25, 0.3) is 0 Å². The van der Waals surface area contributed by atoms with Gasteiger partial charge in [0.2, 0.25) is 0 Å². The molecule has 0 saturated carbocycles. The van der Waals surface area contributed by atoms with Crippen LogP contribution in [0.5, 0.6) is 11.5 Å². The highest BCUT2D eigenvalue weighted by molar-refractivity contribution is 9.10. The average molecular weight is 562 g/mol.